The highest BCUT2D eigenvalue weighted by Gasteiger charge is 2.39. The van der Waals surface area contributed by atoms with Crippen LogP contribution in [0.4, 0.5) is 5.69 Å². The number of carbonyl (C=O) groups excluding carboxylic acids is 1. The van der Waals surface area contributed by atoms with Gasteiger partial charge in [-0.3, -0.25) is 9.48 Å². The lowest BCUT2D eigenvalue weighted by molar-refractivity contribution is -0.124. The van der Waals surface area contributed by atoms with Gasteiger partial charge in [-0.15, -0.1) is 0 Å². The summed E-state index contributed by atoms with van der Waals surface area (Å²) in [5.41, 5.74) is 1.55. The molecule has 1 atom stereocenters. The number of carbonyl (C=O) groups is 1. The molecule has 1 amide bonds. The Morgan fingerprint density at radius 3 is 2.94 bits per heavy atom. The van der Waals surface area contributed by atoms with Crippen molar-refractivity contribution in [3.63, 3.8) is 0 Å². The van der Waals surface area contributed by atoms with Gasteiger partial charge < -0.3 is 10.6 Å². The van der Waals surface area contributed by atoms with Crippen LogP contribution in [0.5, 0.6) is 0 Å². The molecule has 2 heterocycles. The molecule has 0 aromatic carbocycles. The lowest BCUT2D eigenvalue weighted by atomic mass is 9.83. The Kier molecular flexibility index (Phi) is 3.71. The lowest BCUT2D eigenvalue weighted by Gasteiger charge is -2.25. The van der Waals surface area contributed by atoms with E-state index in [1.165, 1.54) is 0 Å². The molecule has 1 aliphatic heterocycles. The van der Waals surface area contributed by atoms with Crippen molar-refractivity contribution in [1.29, 1.82) is 0 Å². The molecule has 100 valence electrons. The first-order valence-electron chi connectivity index (χ1n) is 6.66. The molecule has 1 aromatic rings. The molecule has 5 heteroatoms. The number of aryl methyl sites for hydroxylation is 2. The highest BCUT2D eigenvalue weighted by Crippen LogP contribution is 2.31. The van der Waals surface area contributed by atoms with Crippen LogP contribution in [0.15, 0.2) is 6.20 Å². The molecule has 1 aliphatic rings. The van der Waals surface area contributed by atoms with E-state index in [1.54, 1.807) is 4.68 Å². The van der Waals surface area contributed by atoms with Gasteiger partial charge in [0.05, 0.1) is 16.8 Å². The van der Waals surface area contributed by atoms with E-state index in [2.05, 4.69) is 22.7 Å². The topological polar surface area (TPSA) is 59.0 Å². The molecule has 18 heavy (non-hydrogen) atoms. The average Bonchev–Trinajstić information content (AvgIpc) is 2.96. The summed E-state index contributed by atoms with van der Waals surface area (Å²) in [4.78, 5) is 12.5. The third kappa shape index (κ3) is 2.27. The molecule has 0 aliphatic carbocycles. The Labute approximate surface area is 108 Å². The van der Waals surface area contributed by atoms with Crippen molar-refractivity contribution < 1.29 is 4.79 Å². The molecule has 2 rings (SSSR count). The molecule has 1 unspecified atom stereocenters. The number of nitrogens with zero attached hydrogens (tertiary/aromatic N) is 2. The third-order valence-corrected chi connectivity index (χ3v) is 3.89. The predicted molar refractivity (Wildman–Crippen MR) is 71.4 cm³/mol. The largest absolute Gasteiger partial charge is 0.323 e. The zero-order valence-electron chi connectivity index (χ0n) is 11.4. The Morgan fingerprint density at radius 2 is 2.39 bits per heavy atom. The van der Waals surface area contributed by atoms with E-state index in [4.69, 9.17) is 0 Å². The predicted octanol–water partition coefficient (Wildman–Crippen LogP) is 1.31. The minimum atomic E-state index is -0.249. The maximum Gasteiger partial charge on any atom is 0.232 e. The van der Waals surface area contributed by atoms with Crippen LogP contribution >= 0.6 is 0 Å². The second-order valence-electron chi connectivity index (χ2n) is 5.03. The van der Waals surface area contributed by atoms with Gasteiger partial charge in [0, 0.05) is 19.8 Å². The normalized spacial score (nSPS) is 23.3. The molecule has 1 saturated heterocycles. The standard InChI is InChI=1S/C13H22N4O/c1-4-10-11(8-17(3)16-10)15-12(18)13(5-2)6-7-14-9-13/h8,14H,4-7,9H2,1-3H3,(H,15,18). The van der Waals surface area contributed by atoms with E-state index in [0.29, 0.717) is 0 Å². The molecule has 5 nitrogen and oxygen atoms in total. The maximum absolute atomic E-state index is 12.5. The quantitative estimate of drug-likeness (QED) is 0.847. The van der Waals surface area contributed by atoms with Crippen molar-refractivity contribution in [2.45, 2.75) is 33.1 Å². The summed E-state index contributed by atoms with van der Waals surface area (Å²) in [6.07, 6.45) is 4.49. The Bertz CT molecular complexity index is 432. The van der Waals surface area contributed by atoms with Crippen molar-refractivity contribution in [3.8, 4) is 0 Å². The minimum absolute atomic E-state index is 0.123. The van der Waals surface area contributed by atoms with Crippen molar-refractivity contribution >= 4 is 11.6 Å². The number of amides is 1. The van der Waals surface area contributed by atoms with Crippen molar-refractivity contribution in [3.05, 3.63) is 11.9 Å². The van der Waals surface area contributed by atoms with Gasteiger partial charge in [-0.25, -0.2) is 0 Å². The summed E-state index contributed by atoms with van der Waals surface area (Å²) in [6, 6.07) is 0. The monoisotopic (exact) mass is 250 g/mol. The van der Waals surface area contributed by atoms with Crippen LogP contribution in [0.25, 0.3) is 0 Å². The highest BCUT2D eigenvalue weighted by atomic mass is 16.2. The summed E-state index contributed by atoms with van der Waals surface area (Å²) in [7, 11) is 1.88. The van der Waals surface area contributed by atoms with E-state index >= 15 is 0 Å². The molecule has 1 aromatic heterocycles. The molecule has 0 saturated carbocycles. The number of nitrogens with one attached hydrogen (secondary N) is 2. The zero-order chi connectivity index (χ0) is 13.2. The summed E-state index contributed by atoms with van der Waals surface area (Å²) in [5, 5.41) is 10.7. The van der Waals surface area contributed by atoms with Gasteiger partial charge in [-0.1, -0.05) is 13.8 Å². The van der Waals surface area contributed by atoms with Gasteiger partial charge in [-0.2, -0.15) is 5.10 Å². The average molecular weight is 250 g/mol. The summed E-state index contributed by atoms with van der Waals surface area (Å²) >= 11 is 0. The number of rotatable bonds is 4. The Hall–Kier alpha value is -1.36. The lowest BCUT2D eigenvalue weighted by Crippen LogP contribution is -2.37. The van der Waals surface area contributed by atoms with Crippen molar-refractivity contribution in [2.24, 2.45) is 12.5 Å². The molecular weight excluding hydrogens is 228 g/mol. The van der Waals surface area contributed by atoms with Gasteiger partial charge in [-0.05, 0) is 25.8 Å². The summed E-state index contributed by atoms with van der Waals surface area (Å²) < 4.78 is 1.75. The van der Waals surface area contributed by atoms with E-state index < -0.39 is 0 Å². The summed E-state index contributed by atoms with van der Waals surface area (Å²) in [5.74, 6) is 0.123. The smallest absolute Gasteiger partial charge is 0.232 e. The molecular formula is C13H22N4O. The number of hydrogen-bond acceptors (Lipinski definition) is 3. The van der Waals surface area contributed by atoms with Gasteiger partial charge in [0.2, 0.25) is 5.91 Å². The molecule has 0 spiro atoms. The maximum atomic E-state index is 12.5. The van der Waals surface area contributed by atoms with Crippen LogP contribution in [0.2, 0.25) is 0 Å². The first kappa shape index (κ1) is 13.1. The van der Waals surface area contributed by atoms with Crippen LogP contribution in [0.3, 0.4) is 0 Å². The second-order valence-corrected chi connectivity index (χ2v) is 5.03. The van der Waals surface area contributed by atoms with Crippen molar-refractivity contribution in [1.82, 2.24) is 15.1 Å². The van der Waals surface area contributed by atoms with Gasteiger partial charge in [0.1, 0.15) is 0 Å². The first-order chi connectivity index (χ1) is 8.61. The number of aromatic nitrogens is 2. The fourth-order valence-electron chi connectivity index (χ4n) is 2.55. The van der Waals surface area contributed by atoms with Crippen LogP contribution in [0.1, 0.15) is 32.4 Å². The summed E-state index contributed by atoms with van der Waals surface area (Å²) in [6.45, 7) is 5.83. The molecule has 1 fully saturated rings. The SMILES string of the molecule is CCc1nn(C)cc1NC(=O)C1(CC)CCNC1. The number of hydrogen-bond donors (Lipinski definition) is 2. The fraction of sp³-hybridized carbons (Fsp3) is 0.692. The highest BCUT2D eigenvalue weighted by molar-refractivity contribution is 5.96. The number of anilines is 1. The minimum Gasteiger partial charge on any atom is -0.323 e. The fourth-order valence-corrected chi connectivity index (χ4v) is 2.55. The van der Waals surface area contributed by atoms with Gasteiger partial charge in [0.25, 0.3) is 0 Å². The van der Waals surface area contributed by atoms with Crippen LogP contribution in [-0.2, 0) is 18.3 Å². The van der Waals surface area contributed by atoms with E-state index in [9.17, 15) is 4.79 Å². The van der Waals surface area contributed by atoms with E-state index in [1.807, 2.05) is 20.2 Å². The first-order valence-corrected chi connectivity index (χ1v) is 6.66. The van der Waals surface area contributed by atoms with Crippen LogP contribution in [0, 0.1) is 5.41 Å². The van der Waals surface area contributed by atoms with Crippen LogP contribution < -0.4 is 10.6 Å². The van der Waals surface area contributed by atoms with Crippen LogP contribution in [-0.4, -0.2) is 28.8 Å². The van der Waals surface area contributed by atoms with Crippen molar-refractivity contribution in [2.75, 3.05) is 18.4 Å². The Balaban J connectivity index is 2.15. The second kappa shape index (κ2) is 5.10. The molecule has 2 N–H and O–H groups in total. The molecule has 0 radical (unpaired) electrons. The third-order valence-electron chi connectivity index (χ3n) is 3.89. The van der Waals surface area contributed by atoms with E-state index in [0.717, 1.165) is 43.7 Å². The molecule has 0 bridgehead atoms. The van der Waals surface area contributed by atoms with Gasteiger partial charge in [0.15, 0.2) is 0 Å². The van der Waals surface area contributed by atoms with Gasteiger partial charge >= 0.3 is 0 Å². The van der Waals surface area contributed by atoms with E-state index in [-0.39, 0.29) is 11.3 Å². The zero-order valence-corrected chi connectivity index (χ0v) is 11.4. The Morgan fingerprint density at radius 1 is 1.61 bits per heavy atom.